The number of hydrogen-bond donors (Lipinski definition) is 1. The van der Waals surface area contributed by atoms with Crippen LogP contribution in [0, 0.1) is 5.82 Å². The van der Waals surface area contributed by atoms with Gasteiger partial charge in [0.1, 0.15) is 5.82 Å². The maximum absolute atomic E-state index is 13.7. The summed E-state index contributed by atoms with van der Waals surface area (Å²) in [5.41, 5.74) is 0.876. The Morgan fingerprint density at radius 1 is 1.37 bits per heavy atom. The van der Waals surface area contributed by atoms with Crippen LogP contribution < -0.4 is 5.32 Å². The first-order valence-electron chi connectivity index (χ1n) is 5.74. The summed E-state index contributed by atoms with van der Waals surface area (Å²) in [6, 6.07) is 7.83. The number of amides is 1. The Labute approximate surface area is 119 Å². The molecule has 5 heteroatoms. The van der Waals surface area contributed by atoms with Crippen molar-refractivity contribution in [1.29, 1.82) is 0 Å². The number of rotatable bonds is 3. The minimum atomic E-state index is -0.551. The average molecular weight is 323 g/mol. The van der Waals surface area contributed by atoms with E-state index < -0.39 is 11.7 Å². The second kappa shape index (κ2) is 5.93. The lowest BCUT2D eigenvalue weighted by atomic mass is 10.1. The zero-order valence-electron chi connectivity index (χ0n) is 10.2. The van der Waals surface area contributed by atoms with E-state index in [9.17, 15) is 9.18 Å². The molecule has 0 saturated heterocycles. The van der Waals surface area contributed by atoms with Crippen LogP contribution in [0.5, 0.6) is 0 Å². The molecular weight excluding hydrogens is 311 g/mol. The standard InChI is InChI=1S/C14H12BrFN2O/c1-9(10-4-3-7-17-8-10)18-14(19)13-11(15)5-2-6-12(13)16/h2-9H,1H3,(H,18,19)/t9-/m1/s1. The molecule has 2 aromatic rings. The van der Waals surface area contributed by atoms with Crippen molar-refractivity contribution in [2.24, 2.45) is 0 Å². The number of nitrogens with zero attached hydrogens (tertiary/aromatic N) is 1. The van der Waals surface area contributed by atoms with E-state index in [1.165, 1.54) is 6.07 Å². The molecular formula is C14H12BrFN2O. The van der Waals surface area contributed by atoms with Crippen molar-refractivity contribution in [1.82, 2.24) is 10.3 Å². The number of carbonyl (C=O) groups excluding carboxylic acids is 1. The van der Waals surface area contributed by atoms with Gasteiger partial charge in [-0.2, -0.15) is 0 Å². The maximum atomic E-state index is 13.7. The third kappa shape index (κ3) is 3.17. The van der Waals surface area contributed by atoms with E-state index in [0.717, 1.165) is 5.56 Å². The fourth-order valence-corrected chi connectivity index (χ4v) is 2.22. The van der Waals surface area contributed by atoms with Crippen LogP contribution in [0.2, 0.25) is 0 Å². The molecule has 0 saturated carbocycles. The van der Waals surface area contributed by atoms with Crippen molar-refractivity contribution in [2.75, 3.05) is 0 Å². The fraction of sp³-hybridized carbons (Fsp3) is 0.143. The van der Waals surface area contributed by atoms with Crippen molar-refractivity contribution in [3.05, 3.63) is 64.1 Å². The molecule has 1 amide bonds. The van der Waals surface area contributed by atoms with Gasteiger partial charge in [-0.15, -0.1) is 0 Å². The summed E-state index contributed by atoms with van der Waals surface area (Å²) in [4.78, 5) is 16.1. The number of hydrogen-bond acceptors (Lipinski definition) is 2. The van der Waals surface area contributed by atoms with Gasteiger partial charge in [-0.05, 0) is 46.6 Å². The molecule has 0 aliphatic rings. The molecule has 98 valence electrons. The summed E-state index contributed by atoms with van der Waals surface area (Å²) in [6.07, 6.45) is 3.33. The second-order valence-electron chi connectivity index (χ2n) is 4.08. The summed E-state index contributed by atoms with van der Waals surface area (Å²) >= 11 is 3.18. The zero-order chi connectivity index (χ0) is 13.8. The van der Waals surface area contributed by atoms with Gasteiger partial charge in [-0.25, -0.2) is 4.39 Å². The summed E-state index contributed by atoms with van der Waals surface area (Å²) < 4.78 is 14.1. The van der Waals surface area contributed by atoms with E-state index in [2.05, 4.69) is 26.2 Å². The monoisotopic (exact) mass is 322 g/mol. The van der Waals surface area contributed by atoms with Crippen LogP contribution >= 0.6 is 15.9 Å². The highest BCUT2D eigenvalue weighted by atomic mass is 79.9. The maximum Gasteiger partial charge on any atom is 0.255 e. The molecule has 2 rings (SSSR count). The predicted octanol–water partition coefficient (Wildman–Crippen LogP) is 3.47. The molecule has 0 radical (unpaired) electrons. The van der Waals surface area contributed by atoms with Gasteiger partial charge in [0.15, 0.2) is 0 Å². The van der Waals surface area contributed by atoms with E-state index in [1.54, 1.807) is 30.6 Å². The topological polar surface area (TPSA) is 42.0 Å². The van der Waals surface area contributed by atoms with E-state index in [0.29, 0.717) is 4.47 Å². The molecule has 1 N–H and O–H groups in total. The van der Waals surface area contributed by atoms with Crippen molar-refractivity contribution >= 4 is 21.8 Å². The Hall–Kier alpha value is -1.75. The van der Waals surface area contributed by atoms with Gasteiger partial charge < -0.3 is 5.32 Å². The van der Waals surface area contributed by atoms with Gasteiger partial charge in [0, 0.05) is 16.9 Å². The van der Waals surface area contributed by atoms with Crippen molar-refractivity contribution < 1.29 is 9.18 Å². The first kappa shape index (κ1) is 13.7. The van der Waals surface area contributed by atoms with Crippen LogP contribution in [0.1, 0.15) is 28.9 Å². The van der Waals surface area contributed by atoms with Crippen LogP contribution in [-0.2, 0) is 0 Å². The Morgan fingerprint density at radius 2 is 2.16 bits per heavy atom. The van der Waals surface area contributed by atoms with Crippen LogP contribution in [-0.4, -0.2) is 10.9 Å². The van der Waals surface area contributed by atoms with Gasteiger partial charge in [0.2, 0.25) is 0 Å². The number of halogens is 2. The Bertz CT molecular complexity index is 569. The van der Waals surface area contributed by atoms with Crippen LogP contribution in [0.3, 0.4) is 0 Å². The van der Waals surface area contributed by atoms with Gasteiger partial charge in [0.25, 0.3) is 5.91 Å². The Kier molecular flexibility index (Phi) is 4.27. The molecule has 0 aliphatic carbocycles. The molecule has 1 aromatic heterocycles. The van der Waals surface area contributed by atoms with Crippen molar-refractivity contribution in [3.63, 3.8) is 0 Å². The lowest BCUT2D eigenvalue weighted by molar-refractivity contribution is 0.0935. The van der Waals surface area contributed by atoms with Crippen LogP contribution in [0.4, 0.5) is 4.39 Å². The first-order valence-corrected chi connectivity index (χ1v) is 6.53. The first-order chi connectivity index (χ1) is 9.09. The highest BCUT2D eigenvalue weighted by Gasteiger charge is 2.17. The van der Waals surface area contributed by atoms with E-state index in [4.69, 9.17) is 0 Å². The van der Waals surface area contributed by atoms with Crippen LogP contribution in [0.15, 0.2) is 47.2 Å². The molecule has 0 spiro atoms. The third-order valence-electron chi connectivity index (χ3n) is 2.72. The van der Waals surface area contributed by atoms with Crippen molar-refractivity contribution in [2.45, 2.75) is 13.0 Å². The van der Waals surface area contributed by atoms with Crippen molar-refractivity contribution in [3.8, 4) is 0 Å². The lowest BCUT2D eigenvalue weighted by Crippen LogP contribution is -2.27. The van der Waals surface area contributed by atoms with Gasteiger partial charge in [-0.3, -0.25) is 9.78 Å². The highest BCUT2D eigenvalue weighted by molar-refractivity contribution is 9.10. The fourth-order valence-electron chi connectivity index (χ4n) is 1.70. The quantitative estimate of drug-likeness (QED) is 0.940. The number of benzene rings is 1. The number of pyridine rings is 1. The summed E-state index contributed by atoms with van der Waals surface area (Å²) in [6.45, 7) is 1.82. The van der Waals surface area contributed by atoms with E-state index >= 15 is 0 Å². The molecule has 0 bridgehead atoms. The Morgan fingerprint density at radius 3 is 2.79 bits per heavy atom. The lowest BCUT2D eigenvalue weighted by Gasteiger charge is -2.14. The van der Waals surface area contributed by atoms with E-state index in [1.807, 2.05) is 13.0 Å². The molecule has 19 heavy (non-hydrogen) atoms. The number of nitrogens with one attached hydrogen (secondary N) is 1. The second-order valence-corrected chi connectivity index (χ2v) is 4.93. The smallest absolute Gasteiger partial charge is 0.255 e. The summed E-state index contributed by atoms with van der Waals surface area (Å²) in [5.74, 6) is -1.01. The minimum absolute atomic E-state index is 0.0123. The van der Waals surface area contributed by atoms with Gasteiger partial charge in [-0.1, -0.05) is 12.1 Å². The molecule has 0 fully saturated rings. The molecule has 0 aliphatic heterocycles. The SMILES string of the molecule is C[C@@H](NC(=O)c1c(F)cccc1Br)c1cccnc1. The molecule has 1 aromatic carbocycles. The number of carbonyl (C=O) groups is 1. The molecule has 1 atom stereocenters. The molecule has 0 unspecified atom stereocenters. The average Bonchev–Trinajstić information content (AvgIpc) is 2.39. The summed E-state index contributed by atoms with van der Waals surface area (Å²) in [7, 11) is 0. The predicted molar refractivity (Wildman–Crippen MR) is 74.2 cm³/mol. The molecule has 1 heterocycles. The molecule has 3 nitrogen and oxygen atoms in total. The van der Waals surface area contributed by atoms with Gasteiger partial charge in [0.05, 0.1) is 11.6 Å². The number of aromatic nitrogens is 1. The minimum Gasteiger partial charge on any atom is -0.345 e. The largest absolute Gasteiger partial charge is 0.345 e. The van der Waals surface area contributed by atoms with Gasteiger partial charge >= 0.3 is 0 Å². The van der Waals surface area contributed by atoms with E-state index in [-0.39, 0.29) is 11.6 Å². The normalized spacial score (nSPS) is 11.9. The highest BCUT2D eigenvalue weighted by Crippen LogP contribution is 2.20. The van der Waals surface area contributed by atoms with Crippen LogP contribution in [0.25, 0.3) is 0 Å². The third-order valence-corrected chi connectivity index (χ3v) is 3.38. The summed E-state index contributed by atoms with van der Waals surface area (Å²) in [5, 5.41) is 2.75. The zero-order valence-corrected chi connectivity index (χ0v) is 11.8. The Balaban J connectivity index is 2.18.